The van der Waals surface area contributed by atoms with Crippen LogP contribution in [-0.2, 0) is 18.3 Å². The van der Waals surface area contributed by atoms with E-state index in [0.717, 1.165) is 23.6 Å². The minimum Gasteiger partial charge on any atom is -0.378 e. The van der Waals surface area contributed by atoms with Crippen LogP contribution in [0.5, 0.6) is 0 Å². The summed E-state index contributed by atoms with van der Waals surface area (Å²) in [6, 6.07) is 4.53. The SMILES string of the molecule is Cn1nc(C(=O)NCc2nccc(N3CCOCC3)n2)ccc1=O. The van der Waals surface area contributed by atoms with Crippen LogP contribution in [0.25, 0.3) is 0 Å². The molecule has 1 aliphatic heterocycles. The van der Waals surface area contributed by atoms with E-state index in [1.54, 1.807) is 6.20 Å². The van der Waals surface area contributed by atoms with Crippen LogP contribution in [0.1, 0.15) is 16.3 Å². The molecule has 126 valence electrons. The maximum Gasteiger partial charge on any atom is 0.272 e. The number of carbonyl (C=O) groups excluding carboxylic acids is 1. The second kappa shape index (κ2) is 7.18. The van der Waals surface area contributed by atoms with Crippen LogP contribution in [0.3, 0.4) is 0 Å². The Morgan fingerprint density at radius 2 is 2.08 bits per heavy atom. The van der Waals surface area contributed by atoms with Crippen LogP contribution in [-0.4, -0.2) is 52.0 Å². The molecule has 2 aromatic heterocycles. The molecule has 0 bridgehead atoms. The zero-order chi connectivity index (χ0) is 16.9. The zero-order valence-corrected chi connectivity index (χ0v) is 13.3. The summed E-state index contributed by atoms with van der Waals surface area (Å²) in [6.07, 6.45) is 1.67. The summed E-state index contributed by atoms with van der Waals surface area (Å²) in [5.41, 5.74) is -0.102. The molecule has 3 heterocycles. The molecule has 0 aliphatic carbocycles. The summed E-state index contributed by atoms with van der Waals surface area (Å²) in [6.45, 7) is 3.10. The van der Waals surface area contributed by atoms with Gasteiger partial charge in [-0.2, -0.15) is 5.10 Å². The third-order valence-electron chi connectivity index (χ3n) is 3.63. The van der Waals surface area contributed by atoms with E-state index in [-0.39, 0.29) is 23.7 Å². The number of ether oxygens (including phenoxy) is 1. The molecule has 9 heteroatoms. The van der Waals surface area contributed by atoms with Crippen molar-refractivity contribution in [3.63, 3.8) is 0 Å². The van der Waals surface area contributed by atoms with E-state index in [0.29, 0.717) is 19.0 Å². The average Bonchev–Trinajstić information content (AvgIpc) is 2.63. The molecule has 1 aliphatic rings. The number of amides is 1. The van der Waals surface area contributed by atoms with E-state index in [4.69, 9.17) is 4.74 Å². The highest BCUT2D eigenvalue weighted by atomic mass is 16.5. The maximum atomic E-state index is 12.1. The standard InChI is InChI=1S/C15H18N6O3/c1-20-14(22)3-2-11(19-20)15(23)17-10-12-16-5-4-13(18-12)21-6-8-24-9-7-21/h2-5H,6-10H2,1H3,(H,17,23). The Hall–Kier alpha value is -2.81. The topological polar surface area (TPSA) is 102 Å². The molecule has 24 heavy (non-hydrogen) atoms. The Labute approximate surface area is 138 Å². The number of carbonyl (C=O) groups is 1. The van der Waals surface area contributed by atoms with Gasteiger partial charge in [-0.25, -0.2) is 14.6 Å². The van der Waals surface area contributed by atoms with Crippen molar-refractivity contribution in [2.24, 2.45) is 7.05 Å². The quantitative estimate of drug-likeness (QED) is 0.793. The van der Waals surface area contributed by atoms with Gasteiger partial charge in [-0.05, 0) is 12.1 Å². The molecular weight excluding hydrogens is 312 g/mol. The molecule has 3 rings (SSSR count). The van der Waals surface area contributed by atoms with Crippen molar-refractivity contribution in [1.29, 1.82) is 0 Å². The normalized spacial score (nSPS) is 14.5. The first-order valence-corrected chi connectivity index (χ1v) is 7.60. The molecule has 0 saturated carbocycles. The number of nitrogens with one attached hydrogen (secondary N) is 1. The van der Waals surface area contributed by atoms with Gasteiger partial charge in [0.25, 0.3) is 11.5 Å². The summed E-state index contributed by atoms with van der Waals surface area (Å²) in [4.78, 5) is 34.1. The molecule has 9 nitrogen and oxygen atoms in total. The molecular formula is C15H18N6O3. The van der Waals surface area contributed by atoms with Gasteiger partial charge in [-0.15, -0.1) is 0 Å². The van der Waals surface area contributed by atoms with Gasteiger partial charge in [0.15, 0.2) is 0 Å². The van der Waals surface area contributed by atoms with Gasteiger partial charge in [-0.3, -0.25) is 9.59 Å². The minimum absolute atomic E-state index is 0.168. The Kier molecular flexibility index (Phi) is 4.80. The lowest BCUT2D eigenvalue weighted by atomic mass is 10.3. The average molecular weight is 330 g/mol. The van der Waals surface area contributed by atoms with Gasteiger partial charge >= 0.3 is 0 Å². The minimum atomic E-state index is -0.383. The second-order valence-electron chi connectivity index (χ2n) is 5.29. The first kappa shape index (κ1) is 16.1. The molecule has 1 N–H and O–H groups in total. The lowest BCUT2D eigenvalue weighted by Crippen LogP contribution is -2.37. The molecule has 1 fully saturated rings. The largest absolute Gasteiger partial charge is 0.378 e. The Bertz CT molecular complexity index is 785. The van der Waals surface area contributed by atoms with E-state index in [1.807, 2.05) is 6.07 Å². The number of aromatic nitrogens is 4. The fourth-order valence-corrected chi connectivity index (χ4v) is 2.32. The first-order chi connectivity index (χ1) is 11.6. The van der Waals surface area contributed by atoms with Crippen molar-refractivity contribution in [2.75, 3.05) is 31.2 Å². The molecule has 0 spiro atoms. The van der Waals surface area contributed by atoms with Crippen molar-refractivity contribution in [3.05, 3.63) is 46.3 Å². The van der Waals surface area contributed by atoms with E-state index in [2.05, 4.69) is 25.3 Å². The van der Waals surface area contributed by atoms with Crippen molar-refractivity contribution < 1.29 is 9.53 Å². The highest BCUT2D eigenvalue weighted by Crippen LogP contribution is 2.11. The van der Waals surface area contributed by atoms with Gasteiger partial charge in [0.05, 0.1) is 19.8 Å². The van der Waals surface area contributed by atoms with E-state index >= 15 is 0 Å². The van der Waals surface area contributed by atoms with Crippen molar-refractivity contribution in [3.8, 4) is 0 Å². The molecule has 1 saturated heterocycles. The lowest BCUT2D eigenvalue weighted by Gasteiger charge is -2.27. The molecule has 1 amide bonds. The van der Waals surface area contributed by atoms with Gasteiger partial charge < -0.3 is 15.0 Å². The number of hydrogen-bond acceptors (Lipinski definition) is 7. The number of hydrogen-bond donors (Lipinski definition) is 1. The number of nitrogens with zero attached hydrogens (tertiary/aromatic N) is 5. The smallest absolute Gasteiger partial charge is 0.272 e. The molecule has 2 aromatic rings. The van der Waals surface area contributed by atoms with Crippen LogP contribution >= 0.6 is 0 Å². The summed E-state index contributed by atoms with van der Waals surface area (Å²) in [5, 5.41) is 6.61. The number of morpholine rings is 1. The summed E-state index contributed by atoms with van der Waals surface area (Å²) < 4.78 is 6.44. The van der Waals surface area contributed by atoms with Gasteiger partial charge in [0, 0.05) is 32.4 Å². The van der Waals surface area contributed by atoms with E-state index < -0.39 is 0 Å². The van der Waals surface area contributed by atoms with Crippen LogP contribution in [0.15, 0.2) is 29.2 Å². The summed E-state index contributed by atoms with van der Waals surface area (Å²) in [7, 11) is 1.49. The van der Waals surface area contributed by atoms with Gasteiger partial charge in [0.2, 0.25) is 0 Å². The number of anilines is 1. The van der Waals surface area contributed by atoms with Crippen LogP contribution in [0, 0.1) is 0 Å². The van der Waals surface area contributed by atoms with Crippen LogP contribution in [0.2, 0.25) is 0 Å². The second-order valence-corrected chi connectivity index (χ2v) is 5.29. The predicted octanol–water partition coefficient (Wildman–Crippen LogP) is -0.663. The highest BCUT2D eigenvalue weighted by molar-refractivity contribution is 5.91. The maximum absolute atomic E-state index is 12.1. The Morgan fingerprint density at radius 3 is 2.83 bits per heavy atom. The highest BCUT2D eigenvalue weighted by Gasteiger charge is 2.14. The molecule has 0 aromatic carbocycles. The first-order valence-electron chi connectivity index (χ1n) is 7.60. The van der Waals surface area contributed by atoms with E-state index in [1.165, 1.54) is 19.2 Å². The summed E-state index contributed by atoms with van der Waals surface area (Å²) >= 11 is 0. The van der Waals surface area contributed by atoms with Gasteiger partial charge in [-0.1, -0.05) is 0 Å². The molecule has 0 atom stereocenters. The lowest BCUT2D eigenvalue weighted by molar-refractivity contribution is 0.0942. The third kappa shape index (κ3) is 3.74. The molecule has 0 unspecified atom stereocenters. The van der Waals surface area contributed by atoms with Crippen molar-refractivity contribution in [1.82, 2.24) is 25.1 Å². The predicted molar refractivity (Wildman–Crippen MR) is 85.7 cm³/mol. The Balaban J connectivity index is 1.64. The zero-order valence-electron chi connectivity index (χ0n) is 13.3. The van der Waals surface area contributed by atoms with Crippen molar-refractivity contribution in [2.45, 2.75) is 6.54 Å². The Morgan fingerprint density at radius 1 is 1.29 bits per heavy atom. The fraction of sp³-hybridized carbons (Fsp3) is 0.400. The monoisotopic (exact) mass is 330 g/mol. The van der Waals surface area contributed by atoms with Crippen LogP contribution in [0.4, 0.5) is 5.82 Å². The van der Waals surface area contributed by atoms with Crippen LogP contribution < -0.4 is 15.8 Å². The van der Waals surface area contributed by atoms with E-state index in [9.17, 15) is 9.59 Å². The summed E-state index contributed by atoms with van der Waals surface area (Å²) in [5.74, 6) is 0.945. The van der Waals surface area contributed by atoms with Crippen molar-refractivity contribution >= 4 is 11.7 Å². The third-order valence-corrected chi connectivity index (χ3v) is 3.63. The molecule has 0 radical (unpaired) electrons. The fourth-order valence-electron chi connectivity index (χ4n) is 2.32. The number of aryl methyl sites for hydroxylation is 1. The number of rotatable bonds is 4. The van der Waals surface area contributed by atoms with Gasteiger partial charge in [0.1, 0.15) is 17.3 Å².